The van der Waals surface area contributed by atoms with Gasteiger partial charge >= 0.3 is 0 Å². The SMILES string of the molecule is CCN(c1ccccc1)S(=O)(=O)c1ccc(N2CCc3cc(F)ccc3C2)nc1. The van der Waals surface area contributed by atoms with E-state index < -0.39 is 10.0 Å². The van der Waals surface area contributed by atoms with E-state index in [0.717, 1.165) is 17.5 Å². The quantitative estimate of drug-likeness (QED) is 0.637. The molecule has 0 saturated heterocycles. The van der Waals surface area contributed by atoms with Gasteiger partial charge in [-0.05, 0) is 60.9 Å². The van der Waals surface area contributed by atoms with Crippen molar-refractivity contribution in [3.05, 3.63) is 83.8 Å². The summed E-state index contributed by atoms with van der Waals surface area (Å²) in [5.74, 6) is 0.491. The topological polar surface area (TPSA) is 53.5 Å². The zero-order valence-electron chi connectivity index (χ0n) is 16.1. The van der Waals surface area contributed by atoms with Crippen molar-refractivity contribution in [2.75, 3.05) is 22.3 Å². The fourth-order valence-electron chi connectivity index (χ4n) is 3.64. The van der Waals surface area contributed by atoms with E-state index in [1.54, 1.807) is 43.3 Å². The van der Waals surface area contributed by atoms with Crippen LogP contribution in [0.3, 0.4) is 0 Å². The molecule has 0 atom stereocenters. The summed E-state index contributed by atoms with van der Waals surface area (Å²) in [4.78, 5) is 6.65. The first kappa shape index (κ1) is 19.4. The molecule has 29 heavy (non-hydrogen) atoms. The molecule has 1 aliphatic rings. The largest absolute Gasteiger partial charge is 0.352 e. The third-order valence-electron chi connectivity index (χ3n) is 5.14. The van der Waals surface area contributed by atoms with Gasteiger partial charge in [-0.1, -0.05) is 24.3 Å². The highest BCUT2D eigenvalue weighted by atomic mass is 32.2. The van der Waals surface area contributed by atoms with Crippen molar-refractivity contribution in [1.82, 2.24) is 4.98 Å². The Bertz CT molecular complexity index is 1100. The molecule has 0 spiro atoms. The van der Waals surface area contributed by atoms with E-state index in [1.807, 2.05) is 18.2 Å². The number of anilines is 2. The van der Waals surface area contributed by atoms with Crippen LogP contribution in [-0.2, 0) is 23.0 Å². The van der Waals surface area contributed by atoms with Gasteiger partial charge in [-0.15, -0.1) is 0 Å². The average Bonchev–Trinajstić information content (AvgIpc) is 2.74. The number of aromatic nitrogens is 1. The molecule has 0 N–H and O–H groups in total. The smallest absolute Gasteiger partial charge is 0.265 e. The number of hydrogen-bond donors (Lipinski definition) is 0. The zero-order valence-corrected chi connectivity index (χ0v) is 16.9. The van der Waals surface area contributed by atoms with Crippen LogP contribution < -0.4 is 9.21 Å². The average molecular weight is 412 g/mol. The zero-order chi connectivity index (χ0) is 20.4. The van der Waals surface area contributed by atoms with Crippen molar-refractivity contribution in [3.63, 3.8) is 0 Å². The third-order valence-corrected chi connectivity index (χ3v) is 7.03. The molecular formula is C22H22FN3O2S. The molecule has 0 amide bonds. The second-order valence-electron chi connectivity index (χ2n) is 6.94. The van der Waals surface area contributed by atoms with Crippen LogP contribution in [0.15, 0.2) is 71.8 Å². The number of para-hydroxylation sites is 1. The van der Waals surface area contributed by atoms with Gasteiger partial charge in [0.2, 0.25) is 0 Å². The molecule has 0 unspecified atom stereocenters. The lowest BCUT2D eigenvalue weighted by Gasteiger charge is -2.30. The highest BCUT2D eigenvalue weighted by Crippen LogP contribution is 2.26. The molecule has 2 heterocycles. The maximum Gasteiger partial charge on any atom is 0.265 e. The Kier molecular flexibility index (Phi) is 5.24. The summed E-state index contributed by atoms with van der Waals surface area (Å²) >= 11 is 0. The summed E-state index contributed by atoms with van der Waals surface area (Å²) in [6.45, 7) is 3.47. The summed E-state index contributed by atoms with van der Waals surface area (Å²) in [6.07, 6.45) is 2.14. The highest BCUT2D eigenvalue weighted by molar-refractivity contribution is 7.92. The number of fused-ring (bicyclic) bond motifs is 1. The van der Waals surface area contributed by atoms with Crippen molar-refractivity contribution in [3.8, 4) is 0 Å². The molecule has 0 aliphatic carbocycles. The first-order valence-corrected chi connectivity index (χ1v) is 11.0. The first-order valence-electron chi connectivity index (χ1n) is 9.55. The molecule has 1 aromatic heterocycles. The van der Waals surface area contributed by atoms with Crippen LogP contribution in [0.1, 0.15) is 18.1 Å². The predicted molar refractivity (Wildman–Crippen MR) is 112 cm³/mol. The van der Waals surface area contributed by atoms with Crippen molar-refractivity contribution in [2.24, 2.45) is 0 Å². The van der Waals surface area contributed by atoms with E-state index in [4.69, 9.17) is 0 Å². The molecule has 7 heteroatoms. The van der Waals surface area contributed by atoms with Gasteiger partial charge in [0.05, 0.1) is 5.69 Å². The normalized spacial score (nSPS) is 13.8. The van der Waals surface area contributed by atoms with Crippen molar-refractivity contribution < 1.29 is 12.8 Å². The Balaban J connectivity index is 1.57. The van der Waals surface area contributed by atoms with Crippen LogP contribution in [-0.4, -0.2) is 26.5 Å². The van der Waals surface area contributed by atoms with E-state index in [-0.39, 0.29) is 10.7 Å². The Labute approximate surface area is 170 Å². The number of halogens is 1. The number of sulfonamides is 1. The van der Waals surface area contributed by atoms with Crippen molar-refractivity contribution in [1.29, 1.82) is 0 Å². The van der Waals surface area contributed by atoms with E-state index in [2.05, 4.69) is 9.88 Å². The molecule has 4 rings (SSSR count). The maximum atomic E-state index is 13.4. The van der Waals surface area contributed by atoms with Gasteiger partial charge in [-0.3, -0.25) is 4.31 Å². The van der Waals surface area contributed by atoms with Gasteiger partial charge in [0.1, 0.15) is 16.5 Å². The Morgan fingerprint density at radius 1 is 1.07 bits per heavy atom. The molecule has 1 aliphatic heterocycles. The standard InChI is InChI=1S/C22H22FN3O2S/c1-2-26(20-6-4-3-5-7-20)29(27,28)21-10-11-22(24-15-21)25-13-12-17-14-19(23)9-8-18(17)16-25/h3-11,14-15H,2,12-13,16H2,1H3. The second kappa shape index (κ2) is 7.83. The van der Waals surface area contributed by atoms with Gasteiger partial charge < -0.3 is 4.90 Å². The molecule has 2 aromatic carbocycles. The van der Waals surface area contributed by atoms with Gasteiger partial charge in [-0.25, -0.2) is 17.8 Å². The van der Waals surface area contributed by atoms with Crippen LogP contribution >= 0.6 is 0 Å². The molecule has 0 bridgehead atoms. The Hall–Kier alpha value is -2.93. The van der Waals surface area contributed by atoms with Crippen LogP contribution in [0.5, 0.6) is 0 Å². The Morgan fingerprint density at radius 3 is 2.55 bits per heavy atom. The molecule has 0 fully saturated rings. The molecule has 5 nitrogen and oxygen atoms in total. The fraction of sp³-hybridized carbons (Fsp3) is 0.227. The number of rotatable bonds is 5. The highest BCUT2D eigenvalue weighted by Gasteiger charge is 2.25. The Morgan fingerprint density at radius 2 is 1.86 bits per heavy atom. The van der Waals surface area contributed by atoms with Crippen molar-refractivity contribution in [2.45, 2.75) is 24.8 Å². The number of hydrogen-bond acceptors (Lipinski definition) is 4. The van der Waals surface area contributed by atoms with E-state index >= 15 is 0 Å². The third kappa shape index (κ3) is 3.82. The predicted octanol–water partition coefficient (Wildman–Crippen LogP) is 4.00. The lowest BCUT2D eigenvalue weighted by molar-refractivity contribution is 0.591. The maximum absolute atomic E-state index is 13.4. The first-order chi connectivity index (χ1) is 14.0. The minimum atomic E-state index is -3.69. The lowest BCUT2D eigenvalue weighted by Crippen LogP contribution is -2.32. The van der Waals surface area contributed by atoms with Gasteiger partial charge in [0, 0.05) is 25.8 Å². The van der Waals surface area contributed by atoms with Crippen molar-refractivity contribution >= 4 is 21.5 Å². The van der Waals surface area contributed by atoms with E-state index in [9.17, 15) is 12.8 Å². The molecule has 150 valence electrons. The van der Waals surface area contributed by atoms with E-state index in [1.165, 1.54) is 16.6 Å². The summed E-state index contributed by atoms with van der Waals surface area (Å²) in [7, 11) is -3.69. The summed E-state index contributed by atoms with van der Waals surface area (Å²) in [6, 6.07) is 17.2. The lowest BCUT2D eigenvalue weighted by atomic mass is 10.00. The van der Waals surface area contributed by atoms with Gasteiger partial charge in [0.25, 0.3) is 10.0 Å². The van der Waals surface area contributed by atoms with Crippen LogP contribution in [0.4, 0.5) is 15.9 Å². The number of pyridine rings is 1. The fourth-order valence-corrected chi connectivity index (χ4v) is 5.06. The van der Waals surface area contributed by atoms with Gasteiger partial charge in [-0.2, -0.15) is 0 Å². The molecule has 0 saturated carbocycles. The minimum absolute atomic E-state index is 0.159. The minimum Gasteiger partial charge on any atom is -0.352 e. The van der Waals surface area contributed by atoms with Crippen LogP contribution in [0.2, 0.25) is 0 Å². The number of nitrogens with zero attached hydrogens (tertiary/aromatic N) is 3. The summed E-state index contributed by atoms with van der Waals surface area (Å²) < 4.78 is 40.9. The van der Waals surface area contributed by atoms with E-state index in [0.29, 0.717) is 31.1 Å². The van der Waals surface area contributed by atoms with Crippen LogP contribution in [0.25, 0.3) is 0 Å². The molecular weight excluding hydrogens is 389 g/mol. The number of benzene rings is 2. The second-order valence-corrected chi connectivity index (χ2v) is 8.80. The summed E-state index contributed by atoms with van der Waals surface area (Å²) in [5.41, 5.74) is 2.71. The molecule has 3 aromatic rings. The summed E-state index contributed by atoms with van der Waals surface area (Å²) in [5, 5.41) is 0. The molecule has 0 radical (unpaired) electrons. The van der Waals surface area contributed by atoms with Gasteiger partial charge in [0.15, 0.2) is 0 Å². The van der Waals surface area contributed by atoms with Crippen LogP contribution in [0, 0.1) is 5.82 Å². The monoisotopic (exact) mass is 411 g/mol.